The Hall–Kier alpha value is -1.98. The average molecular weight is 256 g/mol. The van der Waals surface area contributed by atoms with Gasteiger partial charge in [-0.3, -0.25) is 9.59 Å². The van der Waals surface area contributed by atoms with Crippen LogP contribution >= 0.6 is 0 Å². The Morgan fingerprint density at radius 1 is 1.28 bits per heavy atom. The third-order valence-corrected chi connectivity index (χ3v) is 2.32. The molecule has 1 rings (SSSR count). The van der Waals surface area contributed by atoms with E-state index in [2.05, 4.69) is 10.6 Å². The summed E-state index contributed by atoms with van der Waals surface area (Å²) in [5.74, 6) is -2.39. The van der Waals surface area contributed by atoms with Crippen LogP contribution in [0.5, 0.6) is 0 Å². The van der Waals surface area contributed by atoms with Crippen molar-refractivity contribution in [2.24, 2.45) is 0 Å². The normalized spacial score (nSPS) is 9.94. The quantitative estimate of drug-likeness (QED) is 0.778. The van der Waals surface area contributed by atoms with Gasteiger partial charge in [0.15, 0.2) is 0 Å². The highest BCUT2D eigenvalue weighted by Gasteiger charge is 2.11. The van der Waals surface area contributed by atoms with E-state index in [0.717, 1.165) is 12.1 Å². The van der Waals surface area contributed by atoms with Crippen molar-refractivity contribution >= 4 is 11.8 Å². The number of amides is 2. The van der Waals surface area contributed by atoms with Gasteiger partial charge >= 0.3 is 0 Å². The van der Waals surface area contributed by atoms with Crippen LogP contribution in [0.3, 0.4) is 0 Å². The Morgan fingerprint density at radius 3 is 2.61 bits per heavy atom. The molecule has 0 bridgehead atoms. The molecule has 0 radical (unpaired) electrons. The largest absolute Gasteiger partial charge is 0.359 e. The summed E-state index contributed by atoms with van der Waals surface area (Å²) in [4.78, 5) is 22.4. The summed E-state index contributed by atoms with van der Waals surface area (Å²) < 4.78 is 25.9. The van der Waals surface area contributed by atoms with Crippen molar-refractivity contribution < 1.29 is 18.4 Å². The monoisotopic (exact) mass is 256 g/mol. The molecule has 6 heteroatoms. The van der Waals surface area contributed by atoms with Crippen molar-refractivity contribution in [1.29, 1.82) is 0 Å². The van der Waals surface area contributed by atoms with E-state index >= 15 is 0 Å². The van der Waals surface area contributed by atoms with Crippen LogP contribution in [-0.4, -0.2) is 25.4 Å². The van der Waals surface area contributed by atoms with Gasteiger partial charge in [-0.05, 0) is 18.6 Å². The maximum Gasteiger partial charge on any atom is 0.254 e. The minimum Gasteiger partial charge on any atom is -0.359 e. The van der Waals surface area contributed by atoms with Crippen LogP contribution in [0.15, 0.2) is 18.2 Å². The van der Waals surface area contributed by atoms with E-state index in [1.165, 1.54) is 7.05 Å². The Labute approximate surface area is 103 Å². The Morgan fingerprint density at radius 2 is 2.00 bits per heavy atom. The van der Waals surface area contributed by atoms with Crippen LogP contribution in [-0.2, 0) is 4.79 Å². The lowest BCUT2D eigenvalue weighted by molar-refractivity contribution is -0.120. The smallest absolute Gasteiger partial charge is 0.254 e. The van der Waals surface area contributed by atoms with Gasteiger partial charge in [-0.1, -0.05) is 0 Å². The zero-order valence-electron chi connectivity index (χ0n) is 9.93. The van der Waals surface area contributed by atoms with E-state index in [1.807, 2.05) is 0 Å². The first kappa shape index (κ1) is 14.1. The number of halogens is 2. The molecule has 1 aromatic rings. The standard InChI is InChI=1S/C12H14F2N2O2/c1-15-11(17)3-2-6-16-12(18)9-5-4-8(13)7-10(9)14/h4-5,7H,2-3,6H2,1H3,(H,15,17)(H,16,18). The average Bonchev–Trinajstić information content (AvgIpc) is 2.34. The number of hydrogen-bond donors (Lipinski definition) is 2. The number of nitrogens with one attached hydrogen (secondary N) is 2. The highest BCUT2D eigenvalue weighted by Crippen LogP contribution is 2.09. The lowest BCUT2D eigenvalue weighted by Gasteiger charge is -2.05. The zero-order chi connectivity index (χ0) is 13.5. The first-order valence-corrected chi connectivity index (χ1v) is 5.48. The molecule has 0 spiro atoms. The summed E-state index contributed by atoms with van der Waals surface area (Å²) in [7, 11) is 1.52. The Balaban J connectivity index is 2.43. The van der Waals surface area contributed by atoms with Gasteiger partial charge in [-0.2, -0.15) is 0 Å². The van der Waals surface area contributed by atoms with Crippen LogP contribution in [0.25, 0.3) is 0 Å². The predicted molar refractivity (Wildman–Crippen MR) is 62.0 cm³/mol. The van der Waals surface area contributed by atoms with E-state index in [0.29, 0.717) is 12.5 Å². The van der Waals surface area contributed by atoms with E-state index in [4.69, 9.17) is 0 Å². The number of rotatable bonds is 5. The highest BCUT2D eigenvalue weighted by molar-refractivity contribution is 5.94. The summed E-state index contributed by atoms with van der Waals surface area (Å²) in [5, 5.41) is 4.90. The lowest BCUT2D eigenvalue weighted by atomic mass is 10.2. The van der Waals surface area contributed by atoms with E-state index in [1.54, 1.807) is 0 Å². The van der Waals surface area contributed by atoms with Gasteiger partial charge in [0.1, 0.15) is 11.6 Å². The summed E-state index contributed by atoms with van der Waals surface area (Å²) in [6, 6.07) is 2.75. The number of benzene rings is 1. The molecule has 0 fully saturated rings. The van der Waals surface area contributed by atoms with Gasteiger partial charge in [-0.15, -0.1) is 0 Å². The first-order chi connectivity index (χ1) is 8.54. The summed E-state index contributed by atoms with van der Waals surface area (Å²) in [6.45, 7) is 0.253. The lowest BCUT2D eigenvalue weighted by Crippen LogP contribution is -2.27. The van der Waals surface area contributed by atoms with Gasteiger partial charge < -0.3 is 10.6 Å². The molecule has 4 nitrogen and oxygen atoms in total. The molecule has 0 aromatic heterocycles. The fraction of sp³-hybridized carbons (Fsp3) is 0.333. The molecule has 98 valence electrons. The third kappa shape index (κ3) is 4.12. The maximum atomic E-state index is 13.2. The molecule has 1 aromatic carbocycles. The topological polar surface area (TPSA) is 58.2 Å². The molecule has 0 saturated heterocycles. The minimum atomic E-state index is -0.904. The van der Waals surface area contributed by atoms with Crippen LogP contribution in [0.4, 0.5) is 8.78 Å². The van der Waals surface area contributed by atoms with Gasteiger partial charge in [0.05, 0.1) is 5.56 Å². The number of carbonyl (C=O) groups is 2. The van der Waals surface area contributed by atoms with Crippen molar-refractivity contribution in [3.8, 4) is 0 Å². The second-order valence-electron chi connectivity index (χ2n) is 3.66. The summed E-state index contributed by atoms with van der Waals surface area (Å²) in [5.41, 5.74) is -0.212. The molecule has 2 N–H and O–H groups in total. The minimum absolute atomic E-state index is 0.128. The van der Waals surface area contributed by atoms with Crippen molar-refractivity contribution in [2.75, 3.05) is 13.6 Å². The molecule has 0 atom stereocenters. The maximum absolute atomic E-state index is 13.2. The van der Waals surface area contributed by atoms with E-state index in [-0.39, 0.29) is 24.4 Å². The van der Waals surface area contributed by atoms with Crippen LogP contribution in [0, 0.1) is 11.6 Å². The molecular weight excluding hydrogens is 242 g/mol. The second kappa shape index (κ2) is 6.68. The SMILES string of the molecule is CNC(=O)CCCNC(=O)c1ccc(F)cc1F. The van der Waals surface area contributed by atoms with Crippen molar-refractivity contribution in [3.05, 3.63) is 35.4 Å². The third-order valence-electron chi connectivity index (χ3n) is 2.32. The van der Waals surface area contributed by atoms with Crippen LogP contribution in [0.1, 0.15) is 23.2 Å². The van der Waals surface area contributed by atoms with Gasteiger partial charge in [0.2, 0.25) is 5.91 Å². The molecule has 0 saturated carbocycles. The van der Waals surface area contributed by atoms with Crippen molar-refractivity contribution in [1.82, 2.24) is 10.6 Å². The fourth-order valence-electron chi connectivity index (χ4n) is 1.34. The predicted octanol–water partition coefficient (Wildman–Crippen LogP) is 1.22. The molecule has 0 aliphatic heterocycles. The van der Waals surface area contributed by atoms with Crippen LogP contribution < -0.4 is 10.6 Å². The van der Waals surface area contributed by atoms with Gasteiger partial charge in [0.25, 0.3) is 5.91 Å². The molecule has 2 amide bonds. The Bertz CT molecular complexity index is 450. The van der Waals surface area contributed by atoms with E-state index < -0.39 is 17.5 Å². The summed E-state index contributed by atoms with van der Waals surface area (Å²) >= 11 is 0. The van der Waals surface area contributed by atoms with E-state index in [9.17, 15) is 18.4 Å². The Kier molecular flexibility index (Phi) is 5.23. The second-order valence-corrected chi connectivity index (χ2v) is 3.66. The molecule has 0 unspecified atom stereocenters. The molecule has 0 aliphatic rings. The van der Waals surface area contributed by atoms with Gasteiger partial charge in [-0.25, -0.2) is 8.78 Å². The summed E-state index contributed by atoms with van der Waals surface area (Å²) in [6.07, 6.45) is 0.733. The van der Waals surface area contributed by atoms with Gasteiger partial charge in [0, 0.05) is 26.1 Å². The van der Waals surface area contributed by atoms with Crippen molar-refractivity contribution in [3.63, 3.8) is 0 Å². The molecule has 0 aliphatic carbocycles. The number of carbonyl (C=O) groups excluding carboxylic acids is 2. The molecule has 18 heavy (non-hydrogen) atoms. The van der Waals surface area contributed by atoms with Crippen LogP contribution in [0.2, 0.25) is 0 Å². The first-order valence-electron chi connectivity index (χ1n) is 5.48. The number of hydrogen-bond acceptors (Lipinski definition) is 2. The highest BCUT2D eigenvalue weighted by atomic mass is 19.1. The molecular formula is C12H14F2N2O2. The zero-order valence-corrected chi connectivity index (χ0v) is 9.93. The van der Waals surface area contributed by atoms with Crippen molar-refractivity contribution in [2.45, 2.75) is 12.8 Å². The fourth-order valence-corrected chi connectivity index (χ4v) is 1.34. The molecule has 0 heterocycles.